The molecule has 136 valence electrons. The second-order valence-electron chi connectivity index (χ2n) is 5.88. The zero-order valence-electron chi connectivity index (χ0n) is 14.3. The molecule has 3 amide bonds. The normalized spacial score (nSPS) is 19.2. The monoisotopic (exact) mass is 374 g/mol. The summed E-state index contributed by atoms with van der Waals surface area (Å²) in [7, 11) is 3.56. The number of rotatable bonds is 2. The molecule has 0 radical (unpaired) electrons. The van der Waals surface area contributed by atoms with Crippen molar-refractivity contribution in [2.75, 3.05) is 20.7 Å². The van der Waals surface area contributed by atoms with Crippen LogP contribution in [0.15, 0.2) is 29.8 Å². The lowest BCUT2D eigenvalue weighted by atomic mass is 9.99. The highest BCUT2D eigenvalue weighted by atomic mass is 32.1. The number of carbonyl (C=O) groups excluding carboxylic acids is 3. The number of aromatic nitrogens is 1. The molecule has 0 saturated carbocycles. The molecule has 2 aliphatic heterocycles. The van der Waals surface area contributed by atoms with Gasteiger partial charge in [-0.05, 0) is 24.7 Å². The Balaban J connectivity index is 0.000000152. The molecule has 1 unspecified atom stereocenters. The molecule has 0 aliphatic carbocycles. The summed E-state index contributed by atoms with van der Waals surface area (Å²) in [6, 6.07) is 4.62. The molecule has 1 fully saturated rings. The third kappa shape index (κ3) is 3.89. The van der Waals surface area contributed by atoms with Crippen LogP contribution in [-0.2, 0) is 11.3 Å². The van der Waals surface area contributed by atoms with Gasteiger partial charge < -0.3 is 10.1 Å². The molecule has 2 N–H and O–H groups in total. The number of methoxy groups -OCH3 is 1. The largest absolute Gasteiger partial charge is 0.497 e. The Labute approximate surface area is 154 Å². The molecule has 1 saturated heterocycles. The lowest BCUT2D eigenvalue weighted by Gasteiger charge is -2.23. The van der Waals surface area contributed by atoms with Gasteiger partial charge in [-0.15, -0.1) is 11.3 Å². The van der Waals surface area contributed by atoms with Crippen LogP contribution < -0.4 is 15.4 Å². The summed E-state index contributed by atoms with van der Waals surface area (Å²) in [4.78, 5) is 39.4. The molecular formula is C17H18N4O4S. The van der Waals surface area contributed by atoms with E-state index in [-0.39, 0.29) is 11.7 Å². The van der Waals surface area contributed by atoms with E-state index in [0.717, 1.165) is 23.4 Å². The minimum Gasteiger partial charge on any atom is -0.497 e. The number of hydrogen-bond donors (Lipinski definition) is 2. The Kier molecular flexibility index (Phi) is 5.29. The SMILES string of the molecule is COc1ccc2c(c1)C(=O)CN(C)C2.O=C1NC(=O)C(c2nccs2)N1. The van der Waals surface area contributed by atoms with Gasteiger partial charge in [0.15, 0.2) is 11.8 Å². The van der Waals surface area contributed by atoms with Gasteiger partial charge in [0.2, 0.25) is 0 Å². The van der Waals surface area contributed by atoms with Crippen molar-refractivity contribution in [3.8, 4) is 5.75 Å². The van der Waals surface area contributed by atoms with E-state index in [9.17, 15) is 14.4 Å². The Bertz CT molecular complexity index is 837. The smallest absolute Gasteiger partial charge is 0.322 e. The van der Waals surface area contributed by atoms with Gasteiger partial charge in [0.25, 0.3) is 5.91 Å². The minimum atomic E-state index is -0.600. The molecule has 1 aromatic carbocycles. The highest BCUT2D eigenvalue weighted by molar-refractivity contribution is 7.09. The first-order valence-corrected chi connectivity index (χ1v) is 8.75. The zero-order chi connectivity index (χ0) is 18.7. The number of nitrogens with zero attached hydrogens (tertiary/aromatic N) is 2. The van der Waals surface area contributed by atoms with Crippen molar-refractivity contribution < 1.29 is 19.1 Å². The van der Waals surface area contributed by atoms with Crippen molar-refractivity contribution in [2.24, 2.45) is 0 Å². The summed E-state index contributed by atoms with van der Waals surface area (Å²) < 4.78 is 5.09. The van der Waals surface area contributed by atoms with Gasteiger partial charge in [-0.1, -0.05) is 6.07 Å². The van der Waals surface area contributed by atoms with E-state index >= 15 is 0 Å². The molecule has 0 spiro atoms. The average molecular weight is 374 g/mol. The van der Waals surface area contributed by atoms with Crippen molar-refractivity contribution in [1.29, 1.82) is 0 Å². The highest BCUT2D eigenvalue weighted by Crippen LogP contribution is 2.22. The van der Waals surface area contributed by atoms with Crippen LogP contribution in [0.4, 0.5) is 4.79 Å². The molecule has 1 atom stereocenters. The maximum absolute atomic E-state index is 11.7. The number of hydrogen-bond acceptors (Lipinski definition) is 7. The molecule has 2 aliphatic rings. The van der Waals surface area contributed by atoms with E-state index in [0.29, 0.717) is 11.6 Å². The van der Waals surface area contributed by atoms with Crippen LogP contribution in [0.25, 0.3) is 0 Å². The number of fused-ring (bicyclic) bond motifs is 1. The van der Waals surface area contributed by atoms with E-state index < -0.39 is 12.1 Å². The van der Waals surface area contributed by atoms with Gasteiger partial charge in [-0.2, -0.15) is 0 Å². The molecule has 9 heteroatoms. The number of amides is 3. The topological polar surface area (TPSA) is 101 Å². The number of urea groups is 1. The van der Waals surface area contributed by atoms with Gasteiger partial charge in [0.1, 0.15) is 10.8 Å². The molecule has 0 bridgehead atoms. The van der Waals surface area contributed by atoms with Crippen molar-refractivity contribution in [3.63, 3.8) is 0 Å². The fraction of sp³-hybridized carbons (Fsp3) is 0.294. The molecule has 2 aromatic rings. The maximum Gasteiger partial charge on any atom is 0.322 e. The van der Waals surface area contributed by atoms with Gasteiger partial charge in [-0.25, -0.2) is 9.78 Å². The summed E-state index contributed by atoms with van der Waals surface area (Å²) in [5, 5.41) is 6.95. The lowest BCUT2D eigenvalue weighted by molar-refractivity contribution is -0.120. The van der Waals surface area contributed by atoms with Crippen molar-refractivity contribution in [1.82, 2.24) is 20.5 Å². The first-order chi connectivity index (χ1) is 12.5. The number of imide groups is 1. The van der Waals surface area contributed by atoms with E-state index in [1.165, 1.54) is 11.3 Å². The Morgan fingerprint density at radius 3 is 2.69 bits per heavy atom. The second kappa shape index (κ2) is 7.63. The first kappa shape index (κ1) is 18.0. The minimum absolute atomic E-state index is 0.174. The molecule has 26 heavy (non-hydrogen) atoms. The summed E-state index contributed by atoms with van der Waals surface area (Å²) in [5.74, 6) is 0.587. The van der Waals surface area contributed by atoms with Crippen LogP contribution in [0.5, 0.6) is 5.75 Å². The average Bonchev–Trinajstić information content (AvgIpc) is 3.24. The number of ether oxygens (including phenoxy) is 1. The Hall–Kier alpha value is -2.78. The number of thiazole rings is 1. The predicted octanol–water partition coefficient (Wildman–Crippen LogP) is 1.35. The van der Waals surface area contributed by atoms with Crippen LogP contribution in [-0.4, -0.2) is 48.3 Å². The van der Waals surface area contributed by atoms with Crippen molar-refractivity contribution in [2.45, 2.75) is 12.6 Å². The Morgan fingerprint density at radius 2 is 2.08 bits per heavy atom. The lowest BCUT2D eigenvalue weighted by Crippen LogP contribution is -2.31. The summed E-state index contributed by atoms with van der Waals surface area (Å²) >= 11 is 1.34. The summed E-state index contributed by atoms with van der Waals surface area (Å²) in [6.45, 7) is 1.34. The van der Waals surface area contributed by atoms with Crippen LogP contribution in [0.1, 0.15) is 27.0 Å². The van der Waals surface area contributed by atoms with Crippen LogP contribution >= 0.6 is 11.3 Å². The van der Waals surface area contributed by atoms with Crippen LogP contribution in [0.3, 0.4) is 0 Å². The number of carbonyl (C=O) groups is 3. The van der Waals surface area contributed by atoms with Crippen LogP contribution in [0.2, 0.25) is 0 Å². The molecule has 3 heterocycles. The zero-order valence-corrected chi connectivity index (χ0v) is 15.1. The second-order valence-corrected chi connectivity index (χ2v) is 6.81. The molecule has 4 rings (SSSR count). The fourth-order valence-electron chi connectivity index (χ4n) is 2.72. The molecule has 1 aromatic heterocycles. The third-order valence-electron chi connectivity index (χ3n) is 3.94. The quantitative estimate of drug-likeness (QED) is 0.770. The number of ketones is 1. The van der Waals surface area contributed by atoms with Crippen molar-refractivity contribution >= 4 is 29.1 Å². The number of nitrogens with one attached hydrogen (secondary N) is 2. The molecule has 8 nitrogen and oxygen atoms in total. The predicted molar refractivity (Wildman–Crippen MR) is 95.2 cm³/mol. The van der Waals surface area contributed by atoms with E-state index in [1.54, 1.807) is 18.7 Å². The number of Topliss-reactive ketones (excluding diaryl/α,β-unsaturated/α-hetero) is 1. The van der Waals surface area contributed by atoms with E-state index in [2.05, 4.69) is 15.6 Å². The summed E-state index contributed by atoms with van der Waals surface area (Å²) in [6.07, 6.45) is 1.59. The highest BCUT2D eigenvalue weighted by Gasteiger charge is 2.32. The first-order valence-electron chi connectivity index (χ1n) is 7.87. The van der Waals surface area contributed by atoms with Gasteiger partial charge in [0, 0.05) is 23.7 Å². The van der Waals surface area contributed by atoms with Crippen molar-refractivity contribution in [3.05, 3.63) is 45.9 Å². The van der Waals surface area contributed by atoms with Gasteiger partial charge in [-0.3, -0.25) is 19.8 Å². The van der Waals surface area contributed by atoms with Crippen LogP contribution in [0, 0.1) is 0 Å². The number of benzene rings is 1. The van der Waals surface area contributed by atoms with E-state index in [4.69, 9.17) is 4.74 Å². The number of likely N-dealkylation sites (N-methyl/N-ethyl adjacent to an activating group) is 1. The standard InChI is InChI=1S/C11H13NO2.C6H5N3O2S/c1-12-6-8-3-4-9(14-2)5-10(8)11(13)7-12;10-4-3(8-6(11)9-4)5-7-1-2-12-5/h3-5H,6-7H2,1-2H3;1-3H,(H2,8,9,10,11). The molecular weight excluding hydrogens is 356 g/mol. The third-order valence-corrected chi connectivity index (χ3v) is 4.78. The fourth-order valence-corrected chi connectivity index (χ4v) is 3.41. The van der Waals surface area contributed by atoms with Gasteiger partial charge in [0.05, 0.1) is 13.7 Å². The van der Waals surface area contributed by atoms with Gasteiger partial charge >= 0.3 is 6.03 Å². The van der Waals surface area contributed by atoms with E-state index in [1.807, 2.05) is 30.1 Å². The maximum atomic E-state index is 11.7. The Morgan fingerprint density at radius 1 is 1.27 bits per heavy atom. The summed E-state index contributed by atoms with van der Waals surface area (Å²) in [5.41, 5.74) is 1.90.